The first-order chi connectivity index (χ1) is 29.0. The van der Waals surface area contributed by atoms with Gasteiger partial charge in [-0.2, -0.15) is 12.6 Å². The second-order valence-electron chi connectivity index (χ2n) is 13.8. The van der Waals surface area contributed by atoms with Gasteiger partial charge in [-0.3, -0.25) is 55.6 Å². The predicted octanol–water partition coefficient (Wildman–Crippen LogP) is 3.98. The van der Waals surface area contributed by atoms with Crippen LogP contribution in [-0.2, 0) is 43.6 Å². The molecule has 5 amide bonds. The lowest BCUT2D eigenvalue weighted by molar-refractivity contribution is -0.385. The maximum Gasteiger partial charge on any atom is 0.417 e. The van der Waals surface area contributed by atoms with Gasteiger partial charge in [0.25, 0.3) is 17.1 Å². The SMILES string of the molecule is CN(C(=O)CN(C(=N)NC(=O)OCc1ccc([N+](=O)[O-])cc1)C(=O)OCc1ccc([N+](=O)[O-])cc1)[C@H]1CCN(C(=O)[C@@H]2C[C@H](S)CN2C(=O)OCc2ccc([N+](=O)[O-])cc2)C1. The van der Waals surface area contributed by atoms with E-state index in [0.29, 0.717) is 28.0 Å². The average molecular weight is 866 g/mol. The highest BCUT2D eigenvalue weighted by atomic mass is 32.1. The van der Waals surface area contributed by atoms with E-state index in [0.717, 1.165) is 0 Å². The monoisotopic (exact) mass is 865 g/mol. The molecule has 61 heavy (non-hydrogen) atoms. The van der Waals surface area contributed by atoms with Crippen LogP contribution in [0.3, 0.4) is 0 Å². The van der Waals surface area contributed by atoms with E-state index in [1.165, 1.54) is 94.5 Å². The minimum Gasteiger partial charge on any atom is -0.445 e. The summed E-state index contributed by atoms with van der Waals surface area (Å²) in [4.78, 5) is 102. The molecule has 2 fully saturated rings. The van der Waals surface area contributed by atoms with Crippen LogP contribution in [0, 0.1) is 35.8 Å². The Balaban J connectivity index is 1.19. The zero-order valence-electron chi connectivity index (χ0n) is 32.3. The number of nitrogens with one attached hydrogen (secondary N) is 2. The van der Waals surface area contributed by atoms with Crippen molar-refractivity contribution < 1.29 is 53.0 Å². The van der Waals surface area contributed by atoms with E-state index in [1.807, 2.05) is 0 Å². The van der Waals surface area contributed by atoms with Crippen LogP contribution in [0.25, 0.3) is 0 Å². The zero-order valence-corrected chi connectivity index (χ0v) is 33.2. The van der Waals surface area contributed by atoms with E-state index < -0.39 is 76.1 Å². The van der Waals surface area contributed by atoms with Gasteiger partial charge in [-0.15, -0.1) is 0 Å². The fraction of sp³-hybridized carbons (Fsp3) is 0.351. The number of thiol groups is 1. The lowest BCUT2D eigenvalue weighted by Gasteiger charge is -2.30. The summed E-state index contributed by atoms with van der Waals surface area (Å²) in [7, 11) is 1.43. The number of ether oxygens (including phenoxy) is 3. The van der Waals surface area contributed by atoms with E-state index in [9.17, 15) is 54.3 Å². The Labute approximate surface area is 351 Å². The van der Waals surface area contributed by atoms with E-state index in [-0.39, 0.29) is 61.6 Å². The van der Waals surface area contributed by atoms with Gasteiger partial charge in [0.05, 0.1) is 20.8 Å². The van der Waals surface area contributed by atoms with E-state index in [2.05, 4.69) is 17.9 Å². The molecule has 2 heterocycles. The number of likely N-dealkylation sites (tertiary alicyclic amines) is 2. The maximum atomic E-state index is 13.8. The van der Waals surface area contributed by atoms with Crippen molar-refractivity contribution in [3.8, 4) is 0 Å². The summed E-state index contributed by atoms with van der Waals surface area (Å²) in [6, 6.07) is 14.1. The van der Waals surface area contributed by atoms with Gasteiger partial charge in [-0.25, -0.2) is 19.3 Å². The van der Waals surface area contributed by atoms with Crippen molar-refractivity contribution in [3.05, 3.63) is 120 Å². The fourth-order valence-electron chi connectivity index (χ4n) is 6.35. The second-order valence-corrected chi connectivity index (χ2v) is 14.5. The molecule has 3 atom stereocenters. The van der Waals surface area contributed by atoms with E-state index in [4.69, 9.17) is 19.6 Å². The van der Waals surface area contributed by atoms with E-state index in [1.54, 1.807) is 0 Å². The molecule has 0 saturated carbocycles. The molecule has 0 radical (unpaired) electrons. The molecule has 0 unspecified atom stereocenters. The number of carbonyl (C=O) groups is 5. The predicted molar refractivity (Wildman–Crippen MR) is 213 cm³/mol. The van der Waals surface area contributed by atoms with Crippen molar-refractivity contribution in [2.45, 2.75) is 50.0 Å². The summed E-state index contributed by atoms with van der Waals surface area (Å²) >= 11 is 4.48. The Morgan fingerprint density at radius 2 is 1.25 bits per heavy atom. The van der Waals surface area contributed by atoms with Gasteiger partial charge in [-0.05, 0) is 65.9 Å². The van der Waals surface area contributed by atoms with Crippen LogP contribution in [0.5, 0.6) is 0 Å². The molecule has 0 aromatic heterocycles. The lowest BCUT2D eigenvalue weighted by atomic mass is 10.2. The Bertz CT molecular complexity index is 2180. The number of amides is 5. The number of guanidine groups is 1. The Hall–Kier alpha value is -7.37. The maximum absolute atomic E-state index is 13.8. The average Bonchev–Trinajstić information content (AvgIpc) is 3.90. The molecule has 3 aromatic rings. The minimum absolute atomic E-state index is 0.0513. The number of carbonyl (C=O) groups excluding carboxylic acids is 5. The molecular formula is C37H39N9O14S. The van der Waals surface area contributed by atoms with Crippen LogP contribution < -0.4 is 5.32 Å². The van der Waals surface area contributed by atoms with Gasteiger partial charge in [0.2, 0.25) is 17.8 Å². The van der Waals surface area contributed by atoms with Gasteiger partial charge in [0.1, 0.15) is 32.4 Å². The summed E-state index contributed by atoms with van der Waals surface area (Å²) < 4.78 is 15.8. The van der Waals surface area contributed by atoms with Crippen LogP contribution in [0.4, 0.5) is 31.4 Å². The number of non-ortho nitro benzene ring substituents is 3. The normalized spacial score (nSPS) is 16.9. The summed E-state index contributed by atoms with van der Waals surface area (Å²) in [5, 5.41) is 43.1. The molecule has 2 aliphatic heterocycles. The lowest BCUT2D eigenvalue weighted by Crippen LogP contribution is -2.52. The highest BCUT2D eigenvalue weighted by molar-refractivity contribution is 7.81. The number of nitro groups is 3. The standard InChI is InChI=1S/C37H39N9O14S/c1-40(29-14-15-41(17-29)33(48)31-16-30(61)18-42(31)36(50)59-21-24-4-10-27(11-5-24)45(54)55)32(47)19-43(37(51)60-22-25-6-12-28(13-7-25)46(56)57)34(38)39-35(49)58-20-23-2-8-26(9-3-23)44(52)53/h2-13,29-31,61H,14-22H2,1H3,(H2,38,39,49)/t29-,30-,31-/m0/s1. The largest absolute Gasteiger partial charge is 0.445 e. The molecule has 0 spiro atoms. The van der Waals surface area contributed by atoms with Crippen molar-refractivity contribution in [2.75, 3.05) is 33.2 Å². The number of hydrogen-bond donors (Lipinski definition) is 3. The topological polar surface area (TPSA) is 291 Å². The minimum atomic E-state index is -1.24. The first-order valence-electron chi connectivity index (χ1n) is 18.3. The Morgan fingerprint density at radius 3 is 1.74 bits per heavy atom. The number of likely N-dealkylation sites (N-methyl/N-ethyl adjacent to an activating group) is 1. The molecule has 24 heteroatoms. The number of nitrogens with zero attached hydrogens (tertiary/aromatic N) is 7. The molecule has 2 saturated heterocycles. The van der Waals surface area contributed by atoms with Crippen LogP contribution >= 0.6 is 12.6 Å². The first kappa shape index (κ1) is 44.7. The smallest absolute Gasteiger partial charge is 0.417 e. The third-order valence-electron chi connectivity index (χ3n) is 9.75. The molecule has 5 rings (SSSR count). The van der Waals surface area contributed by atoms with Gasteiger partial charge in [-0.1, -0.05) is 0 Å². The van der Waals surface area contributed by atoms with Crippen molar-refractivity contribution in [3.63, 3.8) is 0 Å². The number of rotatable bonds is 13. The summed E-state index contributed by atoms with van der Waals surface area (Å²) in [6.45, 7) is -1.42. The highest BCUT2D eigenvalue weighted by Crippen LogP contribution is 2.27. The molecule has 2 aliphatic rings. The summed E-state index contributed by atoms with van der Waals surface area (Å²) in [6.07, 6.45) is -2.69. The van der Waals surface area contributed by atoms with Crippen molar-refractivity contribution in [1.29, 1.82) is 5.41 Å². The third kappa shape index (κ3) is 11.9. The van der Waals surface area contributed by atoms with Crippen LogP contribution in [0.2, 0.25) is 0 Å². The molecule has 23 nitrogen and oxygen atoms in total. The second kappa shape index (κ2) is 20.1. The van der Waals surface area contributed by atoms with Gasteiger partial charge < -0.3 is 24.0 Å². The Morgan fingerprint density at radius 1 is 0.770 bits per heavy atom. The molecular weight excluding hydrogens is 827 g/mol. The quantitative estimate of drug-likeness (QED) is 0.0547. The number of alkyl carbamates (subject to hydrolysis) is 1. The van der Waals surface area contributed by atoms with Gasteiger partial charge >= 0.3 is 18.3 Å². The van der Waals surface area contributed by atoms with Gasteiger partial charge in [0.15, 0.2) is 0 Å². The van der Waals surface area contributed by atoms with E-state index >= 15 is 0 Å². The van der Waals surface area contributed by atoms with Crippen LogP contribution in [-0.4, -0.2) is 121 Å². The van der Waals surface area contributed by atoms with Crippen molar-refractivity contribution in [1.82, 2.24) is 24.9 Å². The van der Waals surface area contributed by atoms with Crippen LogP contribution in [0.15, 0.2) is 72.8 Å². The Kier molecular flexibility index (Phi) is 14.7. The number of benzene rings is 3. The fourth-order valence-corrected chi connectivity index (χ4v) is 6.72. The zero-order chi connectivity index (χ0) is 44.4. The summed E-state index contributed by atoms with van der Waals surface area (Å²) in [5.74, 6) is -2.03. The van der Waals surface area contributed by atoms with Crippen molar-refractivity contribution in [2.24, 2.45) is 0 Å². The van der Waals surface area contributed by atoms with Gasteiger partial charge in [0, 0.05) is 68.3 Å². The molecule has 3 aromatic carbocycles. The summed E-state index contributed by atoms with van der Waals surface area (Å²) in [5.41, 5.74) is 0.691. The molecule has 0 aliphatic carbocycles. The third-order valence-corrected chi connectivity index (χ3v) is 10.1. The molecule has 2 N–H and O–H groups in total. The van der Waals surface area contributed by atoms with Crippen LogP contribution in [0.1, 0.15) is 29.5 Å². The van der Waals surface area contributed by atoms with Crippen molar-refractivity contribution >= 4 is 65.7 Å². The number of nitro benzene ring substituents is 3. The highest BCUT2D eigenvalue weighted by Gasteiger charge is 2.43. The first-order valence-corrected chi connectivity index (χ1v) is 18.8. The molecule has 322 valence electrons. The molecule has 0 bridgehead atoms. The number of hydrogen-bond acceptors (Lipinski definition) is 16.